The Kier molecular flexibility index (Phi) is 4.77. The van der Waals surface area contributed by atoms with Crippen molar-refractivity contribution in [2.45, 2.75) is 33.6 Å². The minimum absolute atomic E-state index is 0.169. The average Bonchev–Trinajstić information content (AvgIpc) is 2.73. The van der Waals surface area contributed by atoms with Gasteiger partial charge >= 0.3 is 0 Å². The molecule has 0 saturated carbocycles. The van der Waals surface area contributed by atoms with E-state index in [2.05, 4.69) is 15.5 Å². The van der Waals surface area contributed by atoms with Gasteiger partial charge in [-0.3, -0.25) is 4.79 Å². The Balaban J connectivity index is 2.48. The summed E-state index contributed by atoms with van der Waals surface area (Å²) in [6, 6.07) is 0. The van der Waals surface area contributed by atoms with Crippen molar-refractivity contribution in [3.63, 3.8) is 0 Å². The number of aryl methyl sites for hydroxylation is 1. The highest BCUT2D eigenvalue weighted by atomic mass is 32.1. The maximum absolute atomic E-state index is 12.0. The number of nitrogens with two attached hydrogens (primary N) is 1. The van der Waals surface area contributed by atoms with Gasteiger partial charge in [-0.05, 0) is 13.3 Å². The zero-order valence-corrected chi connectivity index (χ0v) is 11.6. The van der Waals surface area contributed by atoms with E-state index < -0.39 is 5.41 Å². The molecule has 3 N–H and O–H groups in total. The van der Waals surface area contributed by atoms with Gasteiger partial charge in [0.1, 0.15) is 0 Å². The predicted molar refractivity (Wildman–Crippen MR) is 70.9 cm³/mol. The third kappa shape index (κ3) is 3.25. The fourth-order valence-corrected chi connectivity index (χ4v) is 1.61. The summed E-state index contributed by atoms with van der Waals surface area (Å²) in [6.07, 6.45) is 1.08. The van der Waals surface area contributed by atoms with Crippen LogP contribution in [0.3, 0.4) is 0 Å². The Morgan fingerprint density at radius 3 is 2.72 bits per heavy atom. The lowest BCUT2D eigenvalue weighted by Gasteiger charge is -2.25. The largest absolute Gasteiger partial charge is 0.392 e. The van der Waals surface area contributed by atoms with E-state index in [1.165, 1.54) is 0 Å². The van der Waals surface area contributed by atoms with E-state index in [0.29, 0.717) is 31.1 Å². The zero-order valence-electron chi connectivity index (χ0n) is 10.8. The van der Waals surface area contributed by atoms with Crippen LogP contribution in [-0.4, -0.2) is 27.6 Å². The molecule has 0 aliphatic carbocycles. The third-order valence-electron chi connectivity index (χ3n) is 2.96. The SMILES string of the molecule is CCC(C)(C(=O)NCCc1noc(C)n1)C(N)=S. The molecular weight excluding hydrogens is 252 g/mol. The van der Waals surface area contributed by atoms with Crippen molar-refractivity contribution in [1.82, 2.24) is 15.5 Å². The second kappa shape index (κ2) is 5.90. The Morgan fingerprint density at radius 2 is 2.28 bits per heavy atom. The number of hydrogen-bond acceptors (Lipinski definition) is 5. The monoisotopic (exact) mass is 270 g/mol. The van der Waals surface area contributed by atoms with Gasteiger partial charge in [0.05, 0.1) is 10.4 Å². The smallest absolute Gasteiger partial charge is 0.232 e. The molecular formula is C11H18N4O2S. The van der Waals surface area contributed by atoms with Crippen LogP contribution in [0.4, 0.5) is 0 Å². The number of thiocarbonyl (C=S) groups is 1. The molecule has 0 fully saturated rings. The minimum Gasteiger partial charge on any atom is -0.392 e. The second-order valence-electron chi connectivity index (χ2n) is 4.29. The molecule has 1 aromatic rings. The molecule has 1 heterocycles. The van der Waals surface area contributed by atoms with Crippen molar-refractivity contribution in [2.75, 3.05) is 6.54 Å². The van der Waals surface area contributed by atoms with Crippen molar-refractivity contribution < 1.29 is 9.32 Å². The highest BCUT2D eigenvalue weighted by Gasteiger charge is 2.34. The van der Waals surface area contributed by atoms with Gasteiger partial charge in [0, 0.05) is 19.9 Å². The van der Waals surface area contributed by atoms with Crippen molar-refractivity contribution in [3.05, 3.63) is 11.7 Å². The maximum Gasteiger partial charge on any atom is 0.232 e. The van der Waals surface area contributed by atoms with E-state index in [0.717, 1.165) is 0 Å². The standard InChI is InChI=1S/C11H18N4O2S/c1-4-11(3,9(12)18)10(16)13-6-5-8-14-7(2)17-15-8/h4-6H2,1-3H3,(H2,12,18)(H,13,16). The van der Waals surface area contributed by atoms with Crippen molar-refractivity contribution in [1.29, 1.82) is 0 Å². The fourth-order valence-electron chi connectivity index (χ4n) is 1.37. The van der Waals surface area contributed by atoms with Gasteiger partial charge in [-0.15, -0.1) is 0 Å². The summed E-state index contributed by atoms with van der Waals surface area (Å²) in [5, 5.41) is 6.53. The quantitative estimate of drug-likeness (QED) is 0.740. The van der Waals surface area contributed by atoms with Crippen LogP contribution < -0.4 is 11.1 Å². The van der Waals surface area contributed by atoms with Crippen LogP contribution in [-0.2, 0) is 11.2 Å². The summed E-state index contributed by atoms with van der Waals surface area (Å²) in [5.74, 6) is 0.914. The summed E-state index contributed by atoms with van der Waals surface area (Å²) in [7, 11) is 0. The number of rotatable bonds is 6. The Hall–Kier alpha value is -1.50. The molecule has 0 spiro atoms. The van der Waals surface area contributed by atoms with Crippen LogP contribution in [0.5, 0.6) is 0 Å². The maximum atomic E-state index is 12.0. The average molecular weight is 270 g/mol. The van der Waals surface area contributed by atoms with Crippen molar-refractivity contribution in [2.24, 2.45) is 11.1 Å². The van der Waals surface area contributed by atoms with Gasteiger partial charge in [0.25, 0.3) is 0 Å². The minimum atomic E-state index is -0.803. The lowest BCUT2D eigenvalue weighted by Crippen LogP contribution is -2.47. The van der Waals surface area contributed by atoms with Crippen LogP contribution in [0, 0.1) is 12.3 Å². The summed E-state index contributed by atoms with van der Waals surface area (Å²) in [5.41, 5.74) is 4.80. The normalized spacial score (nSPS) is 13.9. The van der Waals surface area contributed by atoms with Gasteiger partial charge < -0.3 is 15.6 Å². The molecule has 1 unspecified atom stereocenters. The Morgan fingerprint density at radius 1 is 1.61 bits per heavy atom. The summed E-state index contributed by atoms with van der Waals surface area (Å²) >= 11 is 4.93. The molecule has 100 valence electrons. The van der Waals surface area contributed by atoms with Crippen LogP contribution in [0.15, 0.2) is 4.52 Å². The van der Waals surface area contributed by atoms with E-state index in [4.69, 9.17) is 22.5 Å². The van der Waals surface area contributed by atoms with E-state index in [1.807, 2.05) is 6.92 Å². The van der Waals surface area contributed by atoms with Crippen molar-refractivity contribution >= 4 is 23.1 Å². The van der Waals surface area contributed by atoms with E-state index >= 15 is 0 Å². The molecule has 0 radical (unpaired) electrons. The molecule has 0 bridgehead atoms. The molecule has 6 nitrogen and oxygen atoms in total. The van der Waals surface area contributed by atoms with E-state index in [-0.39, 0.29) is 10.9 Å². The molecule has 18 heavy (non-hydrogen) atoms. The number of amides is 1. The van der Waals surface area contributed by atoms with Gasteiger partial charge in [-0.2, -0.15) is 4.98 Å². The zero-order chi connectivity index (χ0) is 13.8. The molecule has 0 aromatic carbocycles. The van der Waals surface area contributed by atoms with E-state index in [9.17, 15) is 4.79 Å². The van der Waals surface area contributed by atoms with Crippen LogP contribution >= 0.6 is 12.2 Å². The number of hydrogen-bond donors (Lipinski definition) is 2. The number of nitrogens with zero attached hydrogens (tertiary/aromatic N) is 2. The molecule has 1 atom stereocenters. The number of aromatic nitrogens is 2. The molecule has 0 aliphatic heterocycles. The first kappa shape index (κ1) is 14.6. The molecule has 0 aliphatic rings. The van der Waals surface area contributed by atoms with Gasteiger partial charge in [0.2, 0.25) is 11.8 Å². The number of nitrogens with one attached hydrogen (secondary N) is 1. The second-order valence-corrected chi connectivity index (χ2v) is 4.73. The lowest BCUT2D eigenvalue weighted by atomic mass is 9.86. The van der Waals surface area contributed by atoms with Gasteiger partial charge in [0.15, 0.2) is 5.82 Å². The van der Waals surface area contributed by atoms with E-state index in [1.54, 1.807) is 13.8 Å². The Bertz CT molecular complexity index is 446. The summed E-state index contributed by atoms with van der Waals surface area (Å²) in [4.78, 5) is 16.2. The fraction of sp³-hybridized carbons (Fsp3) is 0.636. The third-order valence-corrected chi connectivity index (χ3v) is 3.41. The molecule has 7 heteroatoms. The summed E-state index contributed by atoms with van der Waals surface area (Å²) < 4.78 is 4.83. The van der Waals surface area contributed by atoms with Crippen LogP contribution in [0.1, 0.15) is 32.0 Å². The Labute approximate surface area is 111 Å². The molecule has 1 amide bonds. The number of carbonyl (C=O) groups excluding carboxylic acids is 1. The van der Waals surface area contributed by atoms with Crippen molar-refractivity contribution in [3.8, 4) is 0 Å². The predicted octanol–water partition coefficient (Wildman–Crippen LogP) is 0.739. The topological polar surface area (TPSA) is 94.0 Å². The highest BCUT2D eigenvalue weighted by molar-refractivity contribution is 7.80. The number of carbonyl (C=O) groups is 1. The molecule has 1 aromatic heterocycles. The molecule has 1 rings (SSSR count). The van der Waals surface area contributed by atoms with Crippen LogP contribution in [0.25, 0.3) is 0 Å². The first-order chi connectivity index (χ1) is 8.40. The molecule has 0 saturated heterocycles. The van der Waals surface area contributed by atoms with Crippen LogP contribution in [0.2, 0.25) is 0 Å². The first-order valence-corrected chi connectivity index (χ1v) is 6.18. The van der Waals surface area contributed by atoms with Gasteiger partial charge in [-0.25, -0.2) is 0 Å². The highest BCUT2D eigenvalue weighted by Crippen LogP contribution is 2.21. The summed E-state index contributed by atoms with van der Waals surface area (Å²) in [6.45, 7) is 5.76. The van der Waals surface area contributed by atoms with Gasteiger partial charge in [-0.1, -0.05) is 24.3 Å². The first-order valence-electron chi connectivity index (χ1n) is 5.77. The lowest BCUT2D eigenvalue weighted by molar-refractivity contribution is -0.126.